The lowest BCUT2D eigenvalue weighted by atomic mass is 10.1. The van der Waals surface area contributed by atoms with Gasteiger partial charge in [0.05, 0.1) is 13.0 Å². The maximum atomic E-state index is 5.81. The van der Waals surface area contributed by atoms with Gasteiger partial charge in [0.1, 0.15) is 5.75 Å². The Balaban J connectivity index is 1.61. The van der Waals surface area contributed by atoms with Crippen molar-refractivity contribution in [1.82, 2.24) is 10.2 Å². The van der Waals surface area contributed by atoms with Crippen molar-refractivity contribution in [2.45, 2.75) is 20.3 Å². The first-order chi connectivity index (χ1) is 10.7. The Bertz CT molecular complexity index is 751. The number of ether oxygens (including phenoxy) is 1. The smallest absolute Gasteiger partial charge is 0.247 e. The van der Waals surface area contributed by atoms with Crippen LogP contribution in [-0.4, -0.2) is 16.8 Å². The Hall–Kier alpha value is -2.62. The third-order valence-electron chi connectivity index (χ3n) is 3.62. The Kier molecular flexibility index (Phi) is 4.19. The molecule has 3 aromatic rings. The quantitative estimate of drug-likeness (QED) is 0.714. The van der Waals surface area contributed by atoms with E-state index in [1.165, 1.54) is 5.56 Å². The second-order valence-electron chi connectivity index (χ2n) is 5.16. The lowest BCUT2D eigenvalue weighted by molar-refractivity contribution is 0.305. The van der Waals surface area contributed by atoms with E-state index in [4.69, 9.17) is 9.15 Å². The van der Waals surface area contributed by atoms with Gasteiger partial charge in [0.2, 0.25) is 11.8 Å². The largest absolute Gasteiger partial charge is 0.493 e. The monoisotopic (exact) mass is 294 g/mol. The molecule has 0 aliphatic heterocycles. The zero-order chi connectivity index (χ0) is 15.4. The second-order valence-corrected chi connectivity index (χ2v) is 5.16. The van der Waals surface area contributed by atoms with Gasteiger partial charge in [-0.25, -0.2) is 0 Å². The Morgan fingerprint density at radius 2 is 1.77 bits per heavy atom. The molecule has 0 N–H and O–H groups in total. The topological polar surface area (TPSA) is 48.2 Å². The molecule has 1 heterocycles. The number of hydrogen-bond acceptors (Lipinski definition) is 4. The van der Waals surface area contributed by atoms with E-state index in [0.717, 1.165) is 16.9 Å². The maximum absolute atomic E-state index is 5.81. The van der Waals surface area contributed by atoms with Gasteiger partial charge in [-0.2, -0.15) is 0 Å². The molecule has 4 heteroatoms. The second kappa shape index (κ2) is 6.43. The number of aryl methyl sites for hydroxylation is 1. The molecule has 0 saturated heterocycles. The van der Waals surface area contributed by atoms with E-state index < -0.39 is 0 Å². The summed E-state index contributed by atoms with van der Waals surface area (Å²) >= 11 is 0. The summed E-state index contributed by atoms with van der Waals surface area (Å²) in [5, 5.41) is 8.14. The molecule has 0 radical (unpaired) electrons. The summed E-state index contributed by atoms with van der Waals surface area (Å²) in [6, 6.07) is 15.8. The minimum absolute atomic E-state index is 0.515. The standard InChI is InChI=1S/C18H18N2O2/c1-13-7-6-10-16(14(13)2)21-12-11-17-19-20-18(22-17)15-8-4-3-5-9-15/h3-10H,11-12H2,1-2H3. The summed E-state index contributed by atoms with van der Waals surface area (Å²) in [7, 11) is 0. The van der Waals surface area contributed by atoms with Crippen molar-refractivity contribution in [1.29, 1.82) is 0 Å². The molecular formula is C18H18N2O2. The molecule has 0 aliphatic rings. The highest BCUT2D eigenvalue weighted by Gasteiger charge is 2.08. The van der Waals surface area contributed by atoms with E-state index in [9.17, 15) is 0 Å². The van der Waals surface area contributed by atoms with Crippen molar-refractivity contribution in [2.24, 2.45) is 0 Å². The Morgan fingerprint density at radius 3 is 2.59 bits per heavy atom. The summed E-state index contributed by atoms with van der Waals surface area (Å²) in [4.78, 5) is 0. The fourth-order valence-electron chi connectivity index (χ4n) is 2.18. The minimum atomic E-state index is 0.515. The van der Waals surface area contributed by atoms with Crippen molar-refractivity contribution >= 4 is 0 Å². The SMILES string of the molecule is Cc1cccc(OCCc2nnc(-c3ccccc3)o2)c1C. The molecule has 22 heavy (non-hydrogen) atoms. The fourth-order valence-corrected chi connectivity index (χ4v) is 2.18. The average Bonchev–Trinajstić information content (AvgIpc) is 3.01. The van der Waals surface area contributed by atoms with Gasteiger partial charge in [-0.15, -0.1) is 10.2 Å². The molecule has 0 bridgehead atoms. The van der Waals surface area contributed by atoms with Crippen LogP contribution >= 0.6 is 0 Å². The molecular weight excluding hydrogens is 276 g/mol. The first kappa shape index (κ1) is 14.3. The number of aromatic nitrogens is 2. The number of benzene rings is 2. The van der Waals surface area contributed by atoms with Gasteiger partial charge >= 0.3 is 0 Å². The summed E-state index contributed by atoms with van der Waals surface area (Å²) in [6.45, 7) is 4.65. The third kappa shape index (κ3) is 3.17. The lowest BCUT2D eigenvalue weighted by Gasteiger charge is -2.09. The van der Waals surface area contributed by atoms with Crippen LogP contribution in [0.5, 0.6) is 5.75 Å². The predicted molar refractivity (Wildman–Crippen MR) is 84.8 cm³/mol. The molecule has 3 rings (SSSR count). The summed E-state index contributed by atoms with van der Waals surface area (Å²) in [5.74, 6) is 2.04. The highest BCUT2D eigenvalue weighted by atomic mass is 16.5. The van der Waals surface area contributed by atoms with Crippen LogP contribution in [0, 0.1) is 13.8 Å². The van der Waals surface area contributed by atoms with Crippen molar-refractivity contribution in [3.8, 4) is 17.2 Å². The van der Waals surface area contributed by atoms with Crippen LogP contribution in [0.1, 0.15) is 17.0 Å². The molecule has 0 fully saturated rings. The van der Waals surface area contributed by atoms with E-state index >= 15 is 0 Å². The lowest BCUT2D eigenvalue weighted by Crippen LogP contribution is -2.03. The molecule has 0 spiro atoms. The molecule has 0 atom stereocenters. The fraction of sp³-hybridized carbons (Fsp3) is 0.222. The van der Waals surface area contributed by atoms with Crippen molar-refractivity contribution in [3.05, 3.63) is 65.5 Å². The minimum Gasteiger partial charge on any atom is -0.493 e. The highest BCUT2D eigenvalue weighted by Crippen LogP contribution is 2.21. The normalized spacial score (nSPS) is 10.6. The van der Waals surface area contributed by atoms with Gasteiger partial charge in [0.25, 0.3) is 0 Å². The van der Waals surface area contributed by atoms with E-state index in [1.54, 1.807) is 0 Å². The first-order valence-electron chi connectivity index (χ1n) is 7.31. The van der Waals surface area contributed by atoms with E-state index in [2.05, 4.69) is 30.1 Å². The molecule has 0 unspecified atom stereocenters. The van der Waals surface area contributed by atoms with Crippen LogP contribution in [0.15, 0.2) is 52.9 Å². The van der Waals surface area contributed by atoms with Crippen LogP contribution in [0.4, 0.5) is 0 Å². The summed E-state index contributed by atoms with van der Waals surface area (Å²) in [6.07, 6.45) is 0.590. The van der Waals surface area contributed by atoms with Crippen molar-refractivity contribution < 1.29 is 9.15 Å². The molecule has 2 aromatic carbocycles. The third-order valence-corrected chi connectivity index (χ3v) is 3.62. The average molecular weight is 294 g/mol. The molecule has 112 valence electrons. The van der Waals surface area contributed by atoms with Crippen LogP contribution < -0.4 is 4.74 Å². The van der Waals surface area contributed by atoms with E-state index in [1.807, 2.05) is 42.5 Å². The van der Waals surface area contributed by atoms with Gasteiger partial charge in [-0.1, -0.05) is 30.3 Å². The first-order valence-corrected chi connectivity index (χ1v) is 7.31. The zero-order valence-electron chi connectivity index (χ0n) is 12.7. The van der Waals surface area contributed by atoms with Crippen molar-refractivity contribution in [3.63, 3.8) is 0 Å². The highest BCUT2D eigenvalue weighted by molar-refractivity contribution is 5.51. The van der Waals surface area contributed by atoms with Crippen LogP contribution in [0.2, 0.25) is 0 Å². The van der Waals surface area contributed by atoms with Crippen LogP contribution in [0.25, 0.3) is 11.5 Å². The number of hydrogen-bond donors (Lipinski definition) is 0. The maximum Gasteiger partial charge on any atom is 0.247 e. The zero-order valence-corrected chi connectivity index (χ0v) is 12.7. The summed E-state index contributed by atoms with van der Waals surface area (Å²) in [5.41, 5.74) is 3.32. The van der Waals surface area contributed by atoms with Crippen LogP contribution in [0.3, 0.4) is 0 Å². The molecule has 0 saturated carbocycles. The number of rotatable bonds is 5. The van der Waals surface area contributed by atoms with Gasteiger partial charge < -0.3 is 9.15 Å². The Labute approximate surface area is 129 Å². The van der Waals surface area contributed by atoms with E-state index in [-0.39, 0.29) is 0 Å². The van der Waals surface area contributed by atoms with Gasteiger partial charge in [-0.05, 0) is 43.2 Å². The van der Waals surface area contributed by atoms with Crippen molar-refractivity contribution in [2.75, 3.05) is 6.61 Å². The Morgan fingerprint density at radius 1 is 0.955 bits per heavy atom. The molecule has 1 aromatic heterocycles. The molecule has 0 amide bonds. The number of nitrogens with zero attached hydrogens (tertiary/aromatic N) is 2. The van der Waals surface area contributed by atoms with Gasteiger partial charge in [0, 0.05) is 5.56 Å². The summed E-state index contributed by atoms with van der Waals surface area (Å²) < 4.78 is 11.5. The van der Waals surface area contributed by atoms with E-state index in [0.29, 0.717) is 24.8 Å². The molecule has 0 aliphatic carbocycles. The molecule has 4 nitrogen and oxygen atoms in total. The predicted octanol–water partition coefficient (Wildman–Crippen LogP) is 3.97. The van der Waals surface area contributed by atoms with Gasteiger partial charge in [-0.3, -0.25) is 0 Å². The van der Waals surface area contributed by atoms with Gasteiger partial charge in [0.15, 0.2) is 0 Å². The van der Waals surface area contributed by atoms with Crippen LogP contribution in [-0.2, 0) is 6.42 Å².